The second-order valence-electron chi connectivity index (χ2n) is 2.07. The van der Waals surface area contributed by atoms with Crippen molar-refractivity contribution in [1.29, 1.82) is 0 Å². The van der Waals surface area contributed by atoms with Crippen LogP contribution in [0.15, 0.2) is 16.8 Å². The third-order valence-electron chi connectivity index (χ3n) is 1.14. The highest BCUT2D eigenvalue weighted by Gasteiger charge is 1.86. The lowest BCUT2D eigenvalue weighted by molar-refractivity contribution is 0.294. The maximum Gasteiger partial charge on any atom is 0.0942 e. The molecule has 0 fully saturated rings. The van der Waals surface area contributed by atoms with Crippen molar-refractivity contribution in [3.05, 3.63) is 11.8 Å². The Morgan fingerprint density at radius 2 is 1.83 bits per heavy atom. The van der Waals surface area contributed by atoms with Gasteiger partial charge in [-0.3, -0.25) is 4.99 Å². The maximum absolute atomic E-state index is 4.95. The standard InChI is InChI=1S/C8H15NO.C2H6/c1-5-9-7(2)6-8(3)10-4;1-2/h6H,5H2,1-4H3;1-2H3/b8-6+,9-7?;. The number of ether oxygens (including phenoxy) is 1. The van der Waals surface area contributed by atoms with Crippen LogP contribution in [0.25, 0.3) is 0 Å². The van der Waals surface area contributed by atoms with Crippen molar-refractivity contribution in [2.75, 3.05) is 13.7 Å². The van der Waals surface area contributed by atoms with Gasteiger partial charge in [0.25, 0.3) is 0 Å². The predicted molar refractivity (Wildman–Crippen MR) is 55.8 cm³/mol. The van der Waals surface area contributed by atoms with Crippen LogP contribution in [-0.2, 0) is 4.74 Å². The van der Waals surface area contributed by atoms with E-state index in [9.17, 15) is 0 Å². The van der Waals surface area contributed by atoms with E-state index in [0.29, 0.717) is 0 Å². The minimum absolute atomic E-state index is 0.833. The summed E-state index contributed by atoms with van der Waals surface area (Å²) in [7, 11) is 1.66. The van der Waals surface area contributed by atoms with Gasteiger partial charge in [-0.15, -0.1) is 0 Å². The topological polar surface area (TPSA) is 21.6 Å². The number of rotatable bonds is 3. The molecule has 0 aromatic rings. The molecule has 0 aliphatic carbocycles. The van der Waals surface area contributed by atoms with Gasteiger partial charge >= 0.3 is 0 Å². The van der Waals surface area contributed by atoms with Crippen LogP contribution < -0.4 is 0 Å². The largest absolute Gasteiger partial charge is 0.501 e. The van der Waals surface area contributed by atoms with Gasteiger partial charge in [0.1, 0.15) is 0 Å². The summed E-state index contributed by atoms with van der Waals surface area (Å²) in [5.41, 5.74) is 1.02. The first kappa shape index (κ1) is 13.8. The molecule has 0 saturated carbocycles. The molecule has 12 heavy (non-hydrogen) atoms. The van der Waals surface area contributed by atoms with Crippen molar-refractivity contribution >= 4 is 5.71 Å². The monoisotopic (exact) mass is 171 g/mol. The summed E-state index contributed by atoms with van der Waals surface area (Å²) in [6.45, 7) is 10.7. The average molecular weight is 171 g/mol. The lowest BCUT2D eigenvalue weighted by Gasteiger charge is -1.97. The van der Waals surface area contributed by atoms with Gasteiger partial charge in [0.15, 0.2) is 0 Å². The van der Waals surface area contributed by atoms with E-state index in [1.165, 1.54) is 0 Å². The second kappa shape index (κ2) is 10.2. The van der Waals surface area contributed by atoms with Crippen LogP contribution in [-0.4, -0.2) is 19.4 Å². The van der Waals surface area contributed by atoms with E-state index in [4.69, 9.17) is 4.74 Å². The Kier molecular flexibility index (Phi) is 11.7. The number of hydrogen-bond donors (Lipinski definition) is 0. The Balaban J connectivity index is 0. The molecule has 0 heterocycles. The molecule has 0 bridgehead atoms. The van der Waals surface area contributed by atoms with Crippen molar-refractivity contribution in [2.24, 2.45) is 4.99 Å². The first-order valence-electron chi connectivity index (χ1n) is 4.44. The quantitative estimate of drug-likeness (QED) is 0.472. The molecule has 0 rings (SSSR count). The number of nitrogens with zero attached hydrogens (tertiary/aromatic N) is 1. The zero-order valence-electron chi connectivity index (χ0n) is 9.14. The summed E-state index contributed by atoms with van der Waals surface area (Å²) in [4.78, 5) is 4.17. The lowest BCUT2D eigenvalue weighted by atomic mass is 10.3. The van der Waals surface area contributed by atoms with E-state index < -0.39 is 0 Å². The molecule has 2 heteroatoms. The molecule has 0 aliphatic heterocycles. The Morgan fingerprint density at radius 1 is 1.33 bits per heavy atom. The molecule has 0 aromatic heterocycles. The molecule has 0 spiro atoms. The van der Waals surface area contributed by atoms with Crippen LogP contribution in [0.1, 0.15) is 34.6 Å². The number of methoxy groups -OCH3 is 1. The molecule has 0 N–H and O–H groups in total. The minimum atomic E-state index is 0.833. The van der Waals surface area contributed by atoms with Gasteiger partial charge in [-0.1, -0.05) is 13.8 Å². The molecular weight excluding hydrogens is 150 g/mol. The van der Waals surface area contributed by atoms with E-state index in [2.05, 4.69) is 4.99 Å². The van der Waals surface area contributed by atoms with Crippen LogP contribution in [0.4, 0.5) is 0 Å². The van der Waals surface area contributed by atoms with Crippen LogP contribution in [0.2, 0.25) is 0 Å². The lowest BCUT2D eigenvalue weighted by Crippen LogP contribution is -1.89. The third-order valence-corrected chi connectivity index (χ3v) is 1.14. The van der Waals surface area contributed by atoms with Crippen LogP contribution in [0.3, 0.4) is 0 Å². The second-order valence-corrected chi connectivity index (χ2v) is 2.07. The SMILES string of the molecule is CC.CCN=C(C)/C=C(\C)OC. The van der Waals surface area contributed by atoms with Crippen LogP contribution in [0.5, 0.6) is 0 Å². The van der Waals surface area contributed by atoms with E-state index in [1.807, 2.05) is 40.7 Å². The Morgan fingerprint density at radius 3 is 2.17 bits per heavy atom. The predicted octanol–water partition coefficient (Wildman–Crippen LogP) is 3.04. The highest BCUT2D eigenvalue weighted by molar-refractivity contribution is 5.93. The van der Waals surface area contributed by atoms with Crippen molar-refractivity contribution in [3.8, 4) is 0 Å². The zero-order valence-corrected chi connectivity index (χ0v) is 9.14. The van der Waals surface area contributed by atoms with Crippen molar-refractivity contribution < 1.29 is 4.74 Å². The molecule has 0 unspecified atom stereocenters. The highest BCUT2D eigenvalue weighted by Crippen LogP contribution is 1.93. The molecule has 0 amide bonds. The smallest absolute Gasteiger partial charge is 0.0942 e. The van der Waals surface area contributed by atoms with E-state index >= 15 is 0 Å². The normalized spacial score (nSPS) is 11.8. The van der Waals surface area contributed by atoms with Gasteiger partial charge in [-0.05, 0) is 26.8 Å². The number of hydrogen-bond acceptors (Lipinski definition) is 2. The fraction of sp³-hybridized carbons (Fsp3) is 0.700. The number of aliphatic imine (C=N–C) groups is 1. The molecule has 0 atom stereocenters. The fourth-order valence-electron chi connectivity index (χ4n) is 0.648. The Bertz CT molecular complexity index is 148. The maximum atomic E-state index is 4.95. The molecule has 2 nitrogen and oxygen atoms in total. The molecule has 0 aromatic carbocycles. The van der Waals surface area contributed by atoms with E-state index in [-0.39, 0.29) is 0 Å². The highest BCUT2D eigenvalue weighted by atomic mass is 16.5. The first-order valence-corrected chi connectivity index (χ1v) is 4.44. The molecular formula is C10H21NO. The Labute approximate surface area is 76.3 Å². The van der Waals surface area contributed by atoms with Crippen molar-refractivity contribution in [1.82, 2.24) is 0 Å². The van der Waals surface area contributed by atoms with Gasteiger partial charge < -0.3 is 4.74 Å². The molecule has 0 radical (unpaired) electrons. The summed E-state index contributed by atoms with van der Waals surface area (Å²) >= 11 is 0. The van der Waals surface area contributed by atoms with Crippen LogP contribution >= 0.6 is 0 Å². The van der Waals surface area contributed by atoms with Crippen molar-refractivity contribution in [3.63, 3.8) is 0 Å². The summed E-state index contributed by atoms with van der Waals surface area (Å²) < 4.78 is 4.95. The first-order chi connectivity index (χ1) is 5.70. The van der Waals surface area contributed by atoms with Gasteiger partial charge in [0.05, 0.1) is 12.9 Å². The molecule has 72 valence electrons. The van der Waals surface area contributed by atoms with Gasteiger partial charge in [-0.2, -0.15) is 0 Å². The molecule has 0 aliphatic rings. The summed E-state index contributed by atoms with van der Waals surface area (Å²) in [5.74, 6) is 0.898. The summed E-state index contributed by atoms with van der Waals surface area (Å²) in [5, 5.41) is 0. The third kappa shape index (κ3) is 9.21. The fourth-order valence-corrected chi connectivity index (χ4v) is 0.648. The summed E-state index contributed by atoms with van der Waals surface area (Å²) in [6, 6.07) is 0. The molecule has 0 saturated heterocycles. The zero-order chi connectivity index (χ0) is 9.98. The van der Waals surface area contributed by atoms with E-state index in [1.54, 1.807) is 7.11 Å². The summed E-state index contributed by atoms with van der Waals surface area (Å²) in [6.07, 6.45) is 1.92. The van der Waals surface area contributed by atoms with Gasteiger partial charge in [-0.25, -0.2) is 0 Å². The van der Waals surface area contributed by atoms with Crippen LogP contribution in [0, 0.1) is 0 Å². The minimum Gasteiger partial charge on any atom is -0.501 e. The number of allylic oxidation sites excluding steroid dienone is 2. The van der Waals surface area contributed by atoms with E-state index in [0.717, 1.165) is 18.0 Å². The average Bonchev–Trinajstić information content (AvgIpc) is 2.08. The van der Waals surface area contributed by atoms with Crippen molar-refractivity contribution in [2.45, 2.75) is 34.6 Å². The van der Waals surface area contributed by atoms with Gasteiger partial charge in [0.2, 0.25) is 0 Å². The Hall–Kier alpha value is -0.790. The van der Waals surface area contributed by atoms with Gasteiger partial charge in [0, 0.05) is 12.3 Å².